The molecule has 122 valence electrons. The third kappa shape index (κ3) is 4.12. The smallest absolute Gasteiger partial charge is 0.0722 e. The van der Waals surface area contributed by atoms with Crippen molar-refractivity contribution in [2.45, 2.75) is 25.5 Å². The predicted octanol–water partition coefficient (Wildman–Crippen LogP) is 3.28. The van der Waals surface area contributed by atoms with E-state index in [1.54, 1.807) is 0 Å². The zero-order valence-corrected chi connectivity index (χ0v) is 13.9. The lowest BCUT2D eigenvalue weighted by atomic mass is 9.97. The Bertz CT molecular complexity index is 642. The van der Waals surface area contributed by atoms with Crippen LogP contribution in [0.3, 0.4) is 0 Å². The average Bonchev–Trinajstić information content (AvgIpc) is 2.60. The van der Waals surface area contributed by atoms with E-state index in [1.807, 2.05) is 24.3 Å². The minimum Gasteiger partial charge on any atom is -0.396 e. The van der Waals surface area contributed by atoms with Crippen LogP contribution in [0.5, 0.6) is 0 Å². The standard InChI is InChI=1S/C19H22ClNO2/c20-18-6-4-14(5-7-18)17(12-22)11-21-10-16-3-1-2-15-8-9-23-13-19(15)16/h1-7,17,21-22H,8-13H2. The number of hydrogen-bond acceptors (Lipinski definition) is 3. The van der Waals surface area contributed by atoms with E-state index in [-0.39, 0.29) is 12.5 Å². The highest BCUT2D eigenvalue weighted by molar-refractivity contribution is 6.30. The van der Waals surface area contributed by atoms with Crippen molar-refractivity contribution < 1.29 is 9.84 Å². The Morgan fingerprint density at radius 2 is 2.00 bits per heavy atom. The second kappa shape index (κ2) is 7.93. The zero-order valence-electron chi connectivity index (χ0n) is 13.1. The van der Waals surface area contributed by atoms with Gasteiger partial charge in [0.05, 0.1) is 19.8 Å². The van der Waals surface area contributed by atoms with Crippen LogP contribution in [0.4, 0.5) is 0 Å². The fourth-order valence-electron chi connectivity index (χ4n) is 3.03. The minimum absolute atomic E-state index is 0.0723. The van der Waals surface area contributed by atoms with E-state index in [4.69, 9.17) is 16.3 Å². The number of fused-ring (bicyclic) bond motifs is 1. The molecule has 0 bridgehead atoms. The monoisotopic (exact) mass is 331 g/mol. The summed E-state index contributed by atoms with van der Waals surface area (Å²) in [6.07, 6.45) is 0.993. The summed E-state index contributed by atoms with van der Waals surface area (Å²) in [7, 11) is 0. The molecule has 0 saturated heterocycles. The summed E-state index contributed by atoms with van der Waals surface area (Å²) in [5.74, 6) is 0.0723. The van der Waals surface area contributed by atoms with Crippen LogP contribution in [0.15, 0.2) is 42.5 Å². The highest BCUT2D eigenvalue weighted by atomic mass is 35.5. The van der Waals surface area contributed by atoms with Crippen molar-refractivity contribution >= 4 is 11.6 Å². The molecule has 1 unspecified atom stereocenters. The molecule has 2 aromatic rings. The van der Waals surface area contributed by atoms with Gasteiger partial charge < -0.3 is 15.2 Å². The van der Waals surface area contributed by atoms with Crippen molar-refractivity contribution in [1.82, 2.24) is 5.32 Å². The average molecular weight is 332 g/mol. The van der Waals surface area contributed by atoms with E-state index >= 15 is 0 Å². The molecular weight excluding hydrogens is 310 g/mol. The number of benzene rings is 2. The molecule has 1 aliphatic rings. The predicted molar refractivity (Wildman–Crippen MR) is 92.8 cm³/mol. The lowest BCUT2D eigenvalue weighted by Crippen LogP contribution is -2.24. The molecule has 0 aromatic heterocycles. The molecule has 0 amide bonds. The quantitative estimate of drug-likeness (QED) is 0.853. The van der Waals surface area contributed by atoms with Gasteiger partial charge in [-0.25, -0.2) is 0 Å². The van der Waals surface area contributed by atoms with E-state index in [1.165, 1.54) is 16.7 Å². The number of rotatable bonds is 6. The van der Waals surface area contributed by atoms with Gasteiger partial charge in [0.15, 0.2) is 0 Å². The largest absolute Gasteiger partial charge is 0.396 e. The van der Waals surface area contributed by atoms with Gasteiger partial charge in [-0.15, -0.1) is 0 Å². The van der Waals surface area contributed by atoms with E-state index in [0.717, 1.165) is 31.7 Å². The fraction of sp³-hybridized carbons (Fsp3) is 0.368. The summed E-state index contributed by atoms with van der Waals surface area (Å²) in [6.45, 7) is 3.14. The zero-order chi connectivity index (χ0) is 16.1. The first-order chi connectivity index (χ1) is 11.3. The molecule has 3 nitrogen and oxygen atoms in total. The first kappa shape index (κ1) is 16.5. The van der Waals surface area contributed by atoms with Crippen molar-refractivity contribution in [3.8, 4) is 0 Å². The Balaban J connectivity index is 1.61. The van der Waals surface area contributed by atoms with Crippen LogP contribution < -0.4 is 5.32 Å². The van der Waals surface area contributed by atoms with Gasteiger partial charge in [-0.3, -0.25) is 0 Å². The highest BCUT2D eigenvalue weighted by Crippen LogP contribution is 2.21. The molecule has 23 heavy (non-hydrogen) atoms. The summed E-state index contributed by atoms with van der Waals surface area (Å²) >= 11 is 5.92. The summed E-state index contributed by atoms with van der Waals surface area (Å²) in [5, 5.41) is 13.8. The van der Waals surface area contributed by atoms with E-state index in [0.29, 0.717) is 11.6 Å². The molecule has 2 N–H and O–H groups in total. The highest BCUT2D eigenvalue weighted by Gasteiger charge is 2.14. The Labute approximate surface area is 142 Å². The maximum atomic E-state index is 9.65. The molecule has 3 rings (SSSR count). The lowest BCUT2D eigenvalue weighted by molar-refractivity contribution is 0.110. The van der Waals surface area contributed by atoms with Gasteiger partial charge in [-0.2, -0.15) is 0 Å². The first-order valence-electron chi connectivity index (χ1n) is 8.02. The second-order valence-electron chi connectivity index (χ2n) is 5.92. The van der Waals surface area contributed by atoms with Crippen LogP contribution >= 0.6 is 11.6 Å². The van der Waals surface area contributed by atoms with Crippen LogP contribution in [-0.4, -0.2) is 24.9 Å². The molecule has 1 aliphatic heterocycles. The molecule has 0 fully saturated rings. The number of aliphatic hydroxyl groups excluding tert-OH is 1. The second-order valence-corrected chi connectivity index (χ2v) is 6.36. The Kier molecular flexibility index (Phi) is 5.68. The number of nitrogens with one attached hydrogen (secondary N) is 1. The summed E-state index contributed by atoms with van der Waals surface area (Å²) in [4.78, 5) is 0. The molecular formula is C19H22ClNO2. The van der Waals surface area contributed by atoms with Crippen LogP contribution in [0, 0.1) is 0 Å². The molecule has 4 heteroatoms. The van der Waals surface area contributed by atoms with Gasteiger partial charge in [-0.1, -0.05) is 41.9 Å². The minimum atomic E-state index is 0.0723. The van der Waals surface area contributed by atoms with Crippen molar-refractivity contribution in [3.05, 3.63) is 69.7 Å². The first-order valence-corrected chi connectivity index (χ1v) is 8.40. The molecule has 1 atom stereocenters. The normalized spacial score (nSPS) is 15.2. The van der Waals surface area contributed by atoms with Gasteiger partial charge in [0.1, 0.15) is 0 Å². The maximum Gasteiger partial charge on any atom is 0.0722 e. The number of halogens is 1. The summed E-state index contributed by atoms with van der Waals surface area (Å²) in [5.41, 5.74) is 5.10. The molecule has 0 spiro atoms. The topological polar surface area (TPSA) is 41.5 Å². The van der Waals surface area contributed by atoms with Crippen LogP contribution in [0.1, 0.15) is 28.2 Å². The van der Waals surface area contributed by atoms with Gasteiger partial charge in [0.2, 0.25) is 0 Å². The van der Waals surface area contributed by atoms with E-state index in [2.05, 4.69) is 23.5 Å². The van der Waals surface area contributed by atoms with E-state index in [9.17, 15) is 5.11 Å². The van der Waals surface area contributed by atoms with Crippen molar-refractivity contribution in [2.24, 2.45) is 0 Å². The lowest BCUT2D eigenvalue weighted by Gasteiger charge is -2.21. The molecule has 0 radical (unpaired) electrons. The fourth-order valence-corrected chi connectivity index (χ4v) is 3.16. The Hall–Kier alpha value is -1.39. The van der Waals surface area contributed by atoms with E-state index < -0.39 is 0 Å². The van der Waals surface area contributed by atoms with Gasteiger partial charge >= 0.3 is 0 Å². The molecule has 0 saturated carbocycles. The number of hydrogen-bond donors (Lipinski definition) is 2. The van der Waals surface area contributed by atoms with Crippen LogP contribution in [-0.2, 0) is 24.3 Å². The van der Waals surface area contributed by atoms with Crippen LogP contribution in [0.2, 0.25) is 5.02 Å². The number of aliphatic hydroxyl groups is 1. The Morgan fingerprint density at radius 3 is 2.78 bits per heavy atom. The molecule has 0 aliphatic carbocycles. The van der Waals surface area contributed by atoms with Gasteiger partial charge in [-0.05, 0) is 40.8 Å². The third-order valence-electron chi connectivity index (χ3n) is 4.40. The molecule has 2 aromatic carbocycles. The summed E-state index contributed by atoms with van der Waals surface area (Å²) in [6, 6.07) is 14.1. The maximum absolute atomic E-state index is 9.65. The SMILES string of the molecule is OCC(CNCc1cccc2c1COCC2)c1ccc(Cl)cc1. The van der Waals surface area contributed by atoms with Crippen LogP contribution in [0.25, 0.3) is 0 Å². The van der Waals surface area contributed by atoms with Gasteiger partial charge in [0, 0.05) is 24.0 Å². The Morgan fingerprint density at radius 1 is 1.17 bits per heavy atom. The van der Waals surface area contributed by atoms with Crippen molar-refractivity contribution in [1.29, 1.82) is 0 Å². The van der Waals surface area contributed by atoms with Gasteiger partial charge in [0.25, 0.3) is 0 Å². The van der Waals surface area contributed by atoms with Crippen molar-refractivity contribution in [3.63, 3.8) is 0 Å². The summed E-state index contributed by atoms with van der Waals surface area (Å²) < 4.78 is 5.59. The van der Waals surface area contributed by atoms with Crippen molar-refractivity contribution in [2.75, 3.05) is 19.8 Å². The third-order valence-corrected chi connectivity index (χ3v) is 4.65. The molecule has 1 heterocycles. The number of ether oxygens (including phenoxy) is 1.